The fourth-order valence-electron chi connectivity index (χ4n) is 7.96. The van der Waals surface area contributed by atoms with Crippen LogP contribution in [-0.4, -0.2) is 87.8 Å². The SMILES string of the molecule is CCC(C)C(=O)OCC12C(OC(=O)c3ccoc3)CC3C(OC(C)=O)C1(OC3(C)C)C(C)(O)CC(OC(C)=O)C2OC(=O)c1cccnc1. The van der Waals surface area contributed by atoms with Gasteiger partial charge in [-0.2, -0.15) is 0 Å². The zero-order valence-corrected chi connectivity index (χ0v) is 28.6. The molecule has 2 aliphatic carbocycles. The van der Waals surface area contributed by atoms with Crippen LogP contribution >= 0.6 is 0 Å². The first-order chi connectivity index (χ1) is 23.0. The standard InChI is InChI=1S/C35H43NO13/c1-8-19(2)29(39)44-18-34-26(47-31(41)23-11-13-43-17-23)14-24-27(46-21(4)38)35(34,49-32(24,5)6)33(7,42)15-25(45-20(3)37)28(34)48-30(40)22-10-9-12-36-16-22/h9-13,16-17,19,24-28,42H,8,14-15,18H2,1-7H3. The summed E-state index contributed by atoms with van der Waals surface area (Å²) in [5.41, 5.74) is -7.25. The molecule has 5 rings (SSSR count). The number of nitrogens with zero attached hydrogens (tertiary/aromatic N) is 1. The highest BCUT2D eigenvalue weighted by atomic mass is 16.6. The van der Waals surface area contributed by atoms with Crippen molar-refractivity contribution in [3.8, 4) is 0 Å². The van der Waals surface area contributed by atoms with E-state index in [0.717, 1.165) is 6.92 Å². The molecule has 266 valence electrons. The molecule has 2 aromatic rings. The molecule has 49 heavy (non-hydrogen) atoms. The molecule has 2 aromatic heterocycles. The van der Waals surface area contributed by atoms with Gasteiger partial charge < -0.3 is 37.9 Å². The summed E-state index contributed by atoms with van der Waals surface area (Å²) in [4.78, 5) is 70.5. The molecule has 2 bridgehead atoms. The van der Waals surface area contributed by atoms with Gasteiger partial charge in [0.25, 0.3) is 0 Å². The molecule has 3 aliphatic rings. The lowest BCUT2D eigenvalue weighted by Crippen LogP contribution is -2.83. The van der Waals surface area contributed by atoms with Gasteiger partial charge in [0.2, 0.25) is 0 Å². The van der Waals surface area contributed by atoms with E-state index in [4.69, 9.17) is 32.8 Å². The van der Waals surface area contributed by atoms with Gasteiger partial charge in [0.15, 0.2) is 11.7 Å². The Morgan fingerprint density at radius 3 is 2.27 bits per heavy atom. The van der Waals surface area contributed by atoms with Crippen LogP contribution in [-0.2, 0) is 42.8 Å². The van der Waals surface area contributed by atoms with Gasteiger partial charge in [-0.1, -0.05) is 13.8 Å². The topological polar surface area (TPSA) is 187 Å². The first-order valence-electron chi connectivity index (χ1n) is 16.3. The van der Waals surface area contributed by atoms with Gasteiger partial charge >= 0.3 is 29.8 Å². The van der Waals surface area contributed by atoms with E-state index in [1.807, 2.05) is 0 Å². The number of aliphatic hydroxyl groups is 1. The number of hydrogen-bond acceptors (Lipinski definition) is 14. The maximum Gasteiger partial charge on any atom is 0.341 e. The predicted octanol–water partition coefficient (Wildman–Crippen LogP) is 3.59. The summed E-state index contributed by atoms with van der Waals surface area (Å²) in [6.45, 7) is 10.1. The Morgan fingerprint density at radius 1 is 0.980 bits per heavy atom. The van der Waals surface area contributed by atoms with Gasteiger partial charge in [0, 0.05) is 38.6 Å². The largest absolute Gasteiger partial charge is 0.472 e. The summed E-state index contributed by atoms with van der Waals surface area (Å²) in [5, 5.41) is 12.7. The van der Waals surface area contributed by atoms with Crippen molar-refractivity contribution in [3.63, 3.8) is 0 Å². The molecule has 0 radical (unpaired) electrons. The van der Waals surface area contributed by atoms with Crippen LogP contribution in [0.1, 0.15) is 88.4 Å². The lowest BCUT2D eigenvalue weighted by molar-refractivity contribution is -0.354. The minimum Gasteiger partial charge on any atom is -0.472 e. The molecule has 0 aromatic carbocycles. The van der Waals surface area contributed by atoms with E-state index in [1.165, 1.54) is 57.0 Å². The molecule has 1 aliphatic heterocycles. The average Bonchev–Trinajstić information content (AvgIpc) is 3.63. The van der Waals surface area contributed by atoms with Crippen LogP contribution < -0.4 is 0 Å². The number of ether oxygens (including phenoxy) is 6. The smallest absolute Gasteiger partial charge is 0.341 e. The van der Waals surface area contributed by atoms with E-state index in [2.05, 4.69) is 4.98 Å². The molecule has 1 N–H and O–H groups in total. The zero-order valence-electron chi connectivity index (χ0n) is 28.6. The molecule has 2 saturated carbocycles. The Balaban J connectivity index is 1.82. The van der Waals surface area contributed by atoms with Crippen molar-refractivity contribution in [1.29, 1.82) is 0 Å². The second kappa shape index (κ2) is 13.2. The Morgan fingerprint density at radius 2 is 1.67 bits per heavy atom. The van der Waals surface area contributed by atoms with Crippen molar-refractivity contribution in [2.24, 2.45) is 17.3 Å². The summed E-state index contributed by atoms with van der Waals surface area (Å²) in [5.74, 6) is -5.11. The minimum atomic E-state index is -2.08. The number of aromatic nitrogens is 1. The van der Waals surface area contributed by atoms with E-state index in [-0.39, 0.29) is 24.0 Å². The van der Waals surface area contributed by atoms with Gasteiger partial charge in [0.05, 0.1) is 34.5 Å². The second-order valence-corrected chi connectivity index (χ2v) is 13.9. The summed E-state index contributed by atoms with van der Waals surface area (Å²) in [6.07, 6.45) is -0.394. The van der Waals surface area contributed by atoms with Crippen molar-refractivity contribution in [1.82, 2.24) is 4.98 Å². The van der Waals surface area contributed by atoms with E-state index >= 15 is 0 Å². The van der Waals surface area contributed by atoms with Crippen molar-refractivity contribution >= 4 is 29.8 Å². The summed E-state index contributed by atoms with van der Waals surface area (Å²) in [7, 11) is 0. The first-order valence-corrected chi connectivity index (χ1v) is 16.3. The Kier molecular flexibility index (Phi) is 9.69. The zero-order chi connectivity index (χ0) is 35.9. The molecule has 3 fully saturated rings. The van der Waals surface area contributed by atoms with Gasteiger partial charge in [-0.05, 0) is 51.8 Å². The molecule has 1 saturated heterocycles. The van der Waals surface area contributed by atoms with Gasteiger partial charge in [-0.3, -0.25) is 19.4 Å². The maximum atomic E-state index is 13.9. The third-order valence-electron chi connectivity index (χ3n) is 10.3. The third-order valence-corrected chi connectivity index (χ3v) is 10.3. The van der Waals surface area contributed by atoms with Crippen LogP contribution in [0.2, 0.25) is 0 Å². The molecule has 0 amide bonds. The molecular formula is C35H43NO13. The van der Waals surface area contributed by atoms with E-state index in [1.54, 1.807) is 27.7 Å². The highest BCUT2D eigenvalue weighted by Gasteiger charge is 2.86. The fourth-order valence-corrected chi connectivity index (χ4v) is 7.96. The Labute approximate surface area is 283 Å². The van der Waals surface area contributed by atoms with E-state index < -0.39 is 94.9 Å². The molecule has 14 heteroatoms. The monoisotopic (exact) mass is 685 g/mol. The summed E-state index contributed by atoms with van der Waals surface area (Å²) < 4.78 is 42.3. The summed E-state index contributed by atoms with van der Waals surface area (Å²) in [6, 6.07) is 4.38. The quantitative estimate of drug-likeness (QED) is 0.282. The lowest BCUT2D eigenvalue weighted by Gasteiger charge is -2.65. The summed E-state index contributed by atoms with van der Waals surface area (Å²) >= 11 is 0. The third kappa shape index (κ3) is 6.09. The molecule has 9 atom stereocenters. The van der Waals surface area contributed by atoms with Gasteiger partial charge in [-0.15, -0.1) is 0 Å². The van der Waals surface area contributed by atoms with Crippen molar-refractivity contribution in [3.05, 3.63) is 54.2 Å². The highest BCUT2D eigenvalue weighted by molar-refractivity contribution is 5.90. The Bertz CT molecular complexity index is 1570. The van der Waals surface area contributed by atoms with Crippen LogP contribution in [0.3, 0.4) is 0 Å². The number of rotatable bonds is 10. The van der Waals surface area contributed by atoms with Crippen LogP contribution in [0.4, 0.5) is 0 Å². The highest BCUT2D eigenvalue weighted by Crippen LogP contribution is 2.69. The van der Waals surface area contributed by atoms with Gasteiger partial charge in [-0.25, -0.2) is 9.59 Å². The van der Waals surface area contributed by atoms with Crippen molar-refractivity contribution < 1.29 is 61.9 Å². The Hall–Kier alpha value is -4.30. The number of carbonyl (C=O) groups excluding carboxylic acids is 5. The van der Waals surface area contributed by atoms with Crippen LogP contribution in [0.15, 0.2) is 47.5 Å². The minimum absolute atomic E-state index is 0.0343. The van der Waals surface area contributed by atoms with Crippen LogP contribution in [0.25, 0.3) is 0 Å². The van der Waals surface area contributed by atoms with Crippen molar-refractivity contribution in [2.75, 3.05) is 6.61 Å². The second-order valence-electron chi connectivity index (χ2n) is 13.9. The number of fused-ring (bicyclic) bond motifs is 1. The van der Waals surface area contributed by atoms with Crippen molar-refractivity contribution in [2.45, 2.75) is 109 Å². The number of hydrogen-bond donors (Lipinski definition) is 1. The van der Waals surface area contributed by atoms with Crippen LogP contribution in [0, 0.1) is 17.3 Å². The number of esters is 5. The predicted molar refractivity (Wildman–Crippen MR) is 167 cm³/mol. The maximum absolute atomic E-state index is 13.9. The lowest BCUT2D eigenvalue weighted by atomic mass is 9.46. The van der Waals surface area contributed by atoms with Crippen LogP contribution in [0.5, 0.6) is 0 Å². The first kappa shape index (κ1) is 36.0. The number of carbonyl (C=O) groups is 5. The molecule has 9 unspecified atom stereocenters. The van der Waals surface area contributed by atoms with E-state index in [0.29, 0.717) is 6.42 Å². The molecule has 14 nitrogen and oxygen atoms in total. The number of furan rings is 1. The molecule has 3 heterocycles. The van der Waals surface area contributed by atoms with E-state index in [9.17, 15) is 29.1 Å². The van der Waals surface area contributed by atoms with Gasteiger partial charge in [0.1, 0.15) is 36.6 Å². The normalized spacial score (nSPS) is 33.3. The average molecular weight is 686 g/mol. The molecular weight excluding hydrogens is 642 g/mol. The number of pyridine rings is 1. The molecule has 1 spiro atoms. The fraction of sp³-hybridized carbons (Fsp3) is 0.600.